The minimum absolute atomic E-state index is 0.0406. The highest BCUT2D eigenvalue weighted by molar-refractivity contribution is 7.77. The molecule has 0 bridgehead atoms. The number of β-lactam (4-membered cyclic amide) rings is 1. The van der Waals surface area contributed by atoms with Crippen LogP contribution in [0, 0.1) is 0 Å². The van der Waals surface area contributed by atoms with Gasteiger partial charge in [-0.25, -0.2) is 18.9 Å². The first kappa shape index (κ1) is 26.5. The Bertz CT molecular complexity index is 1200. The number of carbonyl (C=O) groups excluding carboxylic acids is 3. The van der Waals surface area contributed by atoms with Crippen LogP contribution in [0.1, 0.15) is 18.2 Å². The number of nitrogens with two attached hydrogens (primary N) is 2. The van der Waals surface area contributed by atoms with E-state index in [9.17, 15) is 18.6 Å². The van der Waals surface area contributed by atoms with Gasteiger partial charge in [0.2, 0.25) is 6.41 Å². The molecule has 1 aliphatic heterocycles. The molecule has 3 rings (SSSR count). The Labute approximate surface area is 210 Å². The van der Waals surface area contributed by atoms with Crippen molar-refractivity contribution in [2.45, 2.75) is 19.0 Å². The molecule has 192 valence electrons. The van der Waals surface area contributed by atoms with Crippen LogP contribution in [0.2, 0.25) is 0 Å². The molecule has 17 heteroatoms. The summed E-state index contributed by atoms with van der Waals surface area (Å²) in [6.45, 7) is 1.55. The molecule has 1 aromatic heterocycles. The third-order valence-corrected chi connectivity index (χ3v) is 6.28. The van der Waals surface area contributed by atoms with Gasteiger partial charge >= 0.3 is 0 Å². The SMILES string of the molecule is C[C@H]1[C@H](NC(=O)/C(=N\OCCOc2ccc(C(N)=NNC=O)cc2)c2csc(N)n2)C(=O)N1S(=O)O. The van der Waals surface area contributed by atoms with Gasteiger partial charge in [0.1, 0.15) is 24.1 Å². The van der Waals surface area contributed by atoms with E-state index in [4.69, 9.17) is 25.6 Å². The van der Waals surface area contributed by atoms with Gasteiger partial charge in [-0.2, -0.15) is 5.10 Å². The number of amides is 3. The van der Waals surface area contributed by atoms with Crippen molar-refractivity contribution in [2.75, 3.05) is 18.9 Å². The maximum absolute atomic E-state index is 12.8. The average Bonchev–Trinajstić information content (AvgIpc) is 3.28. The second kappa shape index (κ2) is 12.0. The quantitative estimate of drug-likeness (QED) is 0.0410. The molecule has 3 atom stereocenters. The molecule has 3 amide bonds. The van der Waals surface area contributed by atoms with Crippen LogP contribution in [0.5, 0.6) is 5.75 Å². The summed E-state index contributed by atoms with van der Waals surface area (Å²) in [6.07, 6.45) is 0.395. The zero-order valence-electron chi connectivity index (χ0n) is 18.7. The summed E-state index contributed by atoms with van der Waals surface area (Å²) in [5.41, 5.74) is 14.0. The predicted octanol–water partition coefficient (Wildman–Crippen LogP) is -1.26. The van der Waals surface area contributed by atoms with E-state index in [1.807, 2.05) is 0 Å². The van der Waals surface area contributed by atoms with E-state index in [2.05, 4.69) is 26.0 Å². The Morgan fingerprint density at radius 3 is 2.67 bits per heavy atom. The van der Waals surface area contributed by atoms with Crippen molar-refractivity contribution in [3.8, 4) is 5.75 Å². The van der Waals surface area contributed by atoms with Gasteiger partial charge in [0.15, 0.2) is 23.3 Å². The molecule has 1 saturated heterocycles. The van der Waals surface area contributed by atoms with Crippen molar-refractivity contribution in [3.05, 3.63) is 40.9 Å². The second-order valence-corrected chi connectivity index (χ2v) is 8.79. The van der Waals surface area contributed by atoms with Crippen LogP contribution in [0.15, 0.2) is 39.9 Å². The van der Waals surface area contributed by atoms with Crippen LogP contribution in [0.25, 0.3) is 0 Å². The number of ether oxygens (including phenoxy) is 1. The smallest absolute Gasteiger partial charge is 0.276 e. The Balaban J connectivity index is 1.57. The molecule has 0 saturated carbocycles. The summed E-state index contributed by atoms with van der Waals surface area (Å²) in [5.74, 6) is -0.859. The number of hydrazone groups is 1. The number of amidine groups is 1. The van der Waals surface area contributed by atoms with Crippen LogP contribution in [-0.2, 0) is 30.5 Å². The van der Waals surface area contributed by atoms with Crippen molar-refractivity contribution < 1.29 is 32.7 Å². The zero-order valence-corrected chi connectivity index (χ0v) is 20.3. The molecule has 7 N–H and O–H groups in total. The number of aromatic nitrogens is 1. The van der Waals surface area contributed by atoms with E-state index in [0.29, 0.717) is 17.7 Å². The number of benzene rings is 1. The van der Waals surface area contributed by atoms with Gasteiger partial charge in [-0.05, 0) is 31.2 Å². The highest BCUT2D eigenvalue weighted by atomic mass is 32.2. The maximum atomic E-state index is 12.8. The van der Waals surface area contributed by atoms with E-state index in [1.165, 1.54) is 12.3 Å². The van der Waals surface area contributed by atoms with Crippen LogP contribution >= 0.6 is 11.3 Å². The van der Waals surface area contributed by atoms with Gasteiger partial charge < -0.3 is 26.4 Å². The van der Waals surface area contributed by atoms with E-state index in [0.717, 1.165) is 15.6 Å². The number of rotatable bonds is 12. The monoisotopic (exact) mass is 538 g/mol. The standard InChI is InChI=1S/C19H22N8O7S2/c1-10-14(18(30)27(10)36(31)32)24-17(29)15(13-8-35-19(21)23-13)26-34-7-6-33-12-4-2-11(3-5-12)16(20)25-22-9-28/h2-5,8-10,14H,6-7H2,1H3,(H2,20,25)(H2,21,23)(H,22,28)(H,24,29)(H,31,32)/b26-15-/t10-,14-/m0/s1. The summed E-state index contributed by atoms with van der Waals surface area (Å²) in [7, 11) is 0. The fourth-order valence-corrected chi connectivity index (χ4v) is 4.22. The Morgan fingerprint density at radius 2 is 2.08 bits per heavy atom. The van der Waals surface area contributed by atoms with Crippen molar-refractivity contribution in [3.63, 3.8) is 0 Å². The molecule has 15 nitrogen and oxygen atoms in total. The molecule has 36 heavy (non-hydrogen) atoms. The highest BCUT2D eigenvalue weighted by Gasteiger charge is 2.49. The second-order valence-electron chi connectivity index (χ2n) is 7.05. The summed E-state index contributed by atoms with van der Waals surface area (Å²) < 4.78 is 26.6. The molecule has 1 aromatic carbocycles. The van der Waals surface area contributed by atoms with Gasteiger partial charge in [0.05, 0.1) is 6.04 Å². The molecule has 1 aliphatic rings. The molecule has 1 unspecified atom stereocenters. The largest absolute Gasteiger partial charge is 0.490 e. The van der Waals surface area contributed by atoms with E-state index in [1.54, 1.807) is 24.3 Å². The number of carbonyl (C=O) groups is 3. The van der Waals surface area contributed by atoms with Gasteiger partial charge in [0, 0.05) is 10.9 Å². The van der Waals surface area contributed by atoms with Crippen LogP contribution < -0.4 is 26.9 Å². The molecular weight excluding hydrogens is 516 g/mol. The number of nitrogens with one attached hydrogen (secondary N) is 2. The summed E-state index contributed by atoms with van der Waals surface area (Å²) >= 11 is -1.40. The topological polar surface area (TPSA) is 224 Å². The number of hydrogen-bond donors (Lipinski definition) is 5. The number of hydrogen-bond acceptors (Lipinski definition) is 11. The number of nitrogen functional groups attached to an aromatic ring is 1. The summed E-state index contributed by atoms with van der Waals surface area (Å²) in [6, 6.07) is 4.86. The molecule has 2 heterocycles. The maximum Gasteiger partial charge on any atom is 0.276 e. The molecule has 0 spiro atoms. The Morgan fingerprint density at radius 1 is 1.36 bits per heavy atom. The number of nitrogens with zero attached hydrogens (tertiary/aromatic N) is 4. The third kappa shape index (κ3) is 6.32. The average molecular weight is 539 g/mol. The van der Waals surface area contributed by atoms with Gasteiger partial charge in [-0.3, -0.25) is 18.9 Å². The normalized spacial score (nSPS) is 18.7. The fraction of sp³-hybridized carbons (Fsp3) is 0.263. The molecule has 0 aliphatic carbocycles. The molecule has 1 fully saturated rings. The van der Waals surface area contributed by atoms with Crippen LogP contribution in [0.4, 0.5) is 5.13 Å². The molecule has 2 aromatic rings. The number of anilines is 1. The first-order valence-corrected chi connectivity index (χ1v) is 12.1. The minimum atomic E-state index is -2.48. The number of thiazole rings is 1. The molecule has 0 radical (unpaired) electrons. The first-order valence-electron chi connectivity index (χ1n) is 10.1. The van der Waals surface area contributed by atoms with Crippen molar-refractivity contribution >= 4 is 57.5 Å². The molecular formula is C19H22N8O7S2. The minimum Gasteiger partial charge on any atom is -0.490 e. The lowest BCUT2D eigenvalue weighted by atomic mass is 10.0. The van der Waals surface area contributed by atoms with Crippen LogP contribution in [-0.4, -0.2) is 73.1 Å². The zero-order chi connectivity index (χ0) is 26.2. The van der Waals surface area contributed by atoms with Crippen LogP contribution in [0.3, 0.4) is 0 Å². The van der Waals surface area contributed by atoms with Crippen molar-refractivity contribution in [1.82, 2.24) is 20.0 Å². The van der Waals surface area contributed by atoms with Crippen molar-refractivity contribution in [2.24, 2.45) is 16.0 Å². The van der Waals surface area contributed by atoms with Gasteiger partial charge in [-0.1, -0.05) is 5.16 Å². The number of oxime groups is 1. The fourth-order valence-electron chi connectivity index (χ4n) is 3.00. The lowest BCUT2D eigenvalue weighted by Gasteiger charge is -2.41. The first-order chi connectivity index (χ1) is 17.2. The lowest BCUT2D eigenvalue weighted by Crippen LogP contribution is -2.70. The lowest BCUT2D eigenvalue weighted by molar-refractivity contribution is -0.143. The Kier molecular flexibility index (Phi) is 8.87. The summed E-state index contributed by atoms with van der Waals surface area (Å²) in [5, 5.41) is 11.6. The highest BCUT2D eigenvalue weighted by Crippen LogP contribution is 2.21. The van der Waals surface area contributed by atoms with E-state index in [-0.39, 0.29) is 35.6 Å². The predicted molar refractivity (Wildman–Crippen MR) is 130 cm³/mol. The van der Waals surface area contributed by atoms with E-state index >= 15 is 0 Å². The summed E-state index contributed by atoms with van der Waals surface area (Å²) in [4.78, 5) is 44.3. The van der Waals surface area contributed by atoms with Crippen molar-refractivity contribution in [1.29, 1.82) is 0 Å². The Hall–Kier alpha value is -4.09. The van der Waals surface area contributed by atoms with Gasteiger partial charge in [0.25, 0.3) is 23.1 Å². The third-order valence-electron chi connectivity index (χ3n) is 4.76. The van der Waals surface area contributed by atoms with Gasteiger partial charge in [-0.15, -0.1) is 11.3 Å². The van der Waals surface area contributed by atoms with E-state index < -0.39 is 35.2 Å².